The zero-order chi connectivity index (χ0) is 17.1. The van der Waals surface area contributed by atoms with Crippen molar-refractivity contribution in [3.63, 3.8) is 0 Å². The summed E-state index contributed by atoms with van der Waals surface area (Å²) >= 11 is 0. The Kier molecular flexibility index (Phi) is 3.13. The maximum atomic E-state index is 15.1. The van der Waals surface area contributed by atoms with Crippen molar-refractivity contribution in [2.45, 2.75) is 26.3 Å². The first-order valence-corrected chi connectivity index (χ1v) is 7.89. The molecule has 1 fully saturated rings. The second kappa shape index (κ2) is 5.00. The van der Waals surface area contributed by atoms with Crippen LogP contribution in [0.4, 0.5) is 8.78 Å². The molecule has 3 aromatic rings. The SMILES string of the molecule is Cn1c(=O)n(CC2(C)CC2)c2ccc(-c3ccc(F)cn3)c(F)c21. The lowest BCUT2D eigenvalue weighted by Gasteiger charge is -2.10. The van der Waals surface area contributed by atoms with E-state index in [1.165, 1.54) is 16.7 Å². The highest BCUT2D eigenvalue weighted by molar-refractivity contribution is 5.83. The molecule has 1 aliphatic carbocycles. The molecular weight excluding hydrogens is 312 g/mol. The van der Waals surface area contributed by atoms with E-state index in [1.807, 2.05) is 0 Å². The van der Waals surface area contributed by atoms with Gasteiger partial charge in [-0.15, -0.1) is 0 Å². The van der Waals surface area contributed by atoms with E-state index in [0.29, 0.717) is 17.8 Å². The summed E-state index contributed by atoms with van der Waals surface area (Å²) in [6.45, 7) is 2.72. The fourth-order valence-corrected chi connectivity index (χ4v) is 3.11. The minimum atomic E-state index is -0.508. The maximum absolute atomic E-state index is 15.1. The number of benzene rings is 1. The highest BCUT2D eigenvalue weighted by atomic mass is 19.1. The summed E-state index contributed by atoms with van der Waals surface area (Å²) in [7, 11) is 1.57. The topological polar surface area (TPSA) is 39.8 Å². The van der Waals surface area contributed by atoms with Gasteiger partial charge in [0, 0.05) is 19.2 Å². The highest BCUT2D eigenvalue weighted by Gasteiger charge is 2.38. The Morgan fingerprint density at radius 1 is 1.21 bits per heavy atom. The molecule has 4 nitrogen and oxygen atoms in total. The summed E-state index contributed by atoms with van der Waals surface area (Å²) in [5, 5.41) is 0. The summed E-state index contributed by atoms with van der Waals surface area (Å²) in [4.78, 5) is 16.5. The molecule has 1 aliphatic rings. The summed E-state index contributed by atoms with van der Waals surface area (Å²) in [6.07, 6.45) is 3.21. The third-order valence-electron chi connectivity index (χ3n) is 4.89. The van der Waals surface area contributed by atoms with Gasteiger partial charge in [-0.1, -0.05) is 6.92 Å². The molecule has 1 aromatic carbocycles. The smallest absolute Gasteiger partial charge is 0.292 e. The van der Waals surface area contributed by atoms with Crippen molar-refractivity contribution in [3.05, 3.63) is 52.6 Å². The number of hydrogen-bond donors (Lipinski definition) is 0. The van der Waals surface area contributed by atoms with Gasteiger partial charge in [0.15, 0.2) is 5.82 Å². The number of aryl methyl sites for hydroxylation is 1. The summed E-state index contributed by atoms with van der Waals surface area (Å²) in [5.74, 6) is -0.984. The van der Waals surface area contributed by atoms with Crippen LogP contribution in [-0.2, 0) is 13.6 Å². The van der Waals surface area contributed by atoms with Crippen LogP contribution in [0.1, 0.15) is 19.8 Å². The second-order valence-electron chi connectivity index (χ2n) is 6.89. The molecule has 0 radical (unpaired) electrons. The van der Waals surface area contributed by atoms with Crippen LogP contribution >= 0.6 is 0 Å². The van der Waals surface area contributed by atoms with Crippen molar-refractivity contribution < 1.29 is 8.78 Å². The number of halogens is 2. The lowest BCUT2D eigenvalue weighted by molar-refractivity contribution is 0.460. The fourth-order valence-electron chi connectivity index (χ4n) is 3.11. The van der Waals surface area contributed by atoms with Crippen molar-refractivity contribution >= 4 is 11.0 Å². The van der Waals surface area contributed by atoms with E-state index in [0.717, 1.165) is 19.0 Å². The van der Waals surface area contributed by atoms with Crippen LogP contribution in [0, 0.1) is 17.0 Å². The van der Waals surface area contributed by atoms with Gasteiger partial charge in [-0.2, -0.15) is 0 Å². The molecule has 24 heavy (non-hydrogen) atoms. The minimum absolute atomic E-state index is 0.131. The first-order chi connectivity index (χ1) is 11.4. The summed E-state index contributed by atoms with van der Waals surface area (Å²) in [5.41, 5.74) is 1.34. The van der Waals surface area contributed by atoms with Crippen LogP contribution in [0.5, 0.6) is 0 Å². The molecule has 4 rings (SSSR count). The monoisotopic (exact) mass is 329 g/mol. The normalized spacial score (nSPS) is 15.8. The highest BCUT2D eigenvalue weighted by Crippen LogP contribution is 2.46. The van der Waals surface area contributed by atoms with E-state index in [-0.39, 0.29) is 22.2 Å². The molecule has 0 spiro atoms. The molecule has 0 bridgehead atoms. The van der Waals surface area contributed by atoms with Gasteiger partial charge >= 0.3 is 5.69 Å². The van der Waals surface area contributed by atoms with Gasteiger partial charge in [0.1, 0.15) is 11.3 Å². The number of imidazole rings is 1. The summed E-state index contributed by atoms with van der Waals surface area (Å²) in [6, 6.07) is 6.01. The molecule has 2 heterocycles. The average Bonchev–Trinajstić information content (AvgIpc) is 3.24. The largest absolute Gasteiger partial charge is 0.328 e. The number of fused-ring (bicyclic) bond motifs is 1. The third kappa shape index (κ3) is 2.25. The first-order valence-electron chi connectivity index (χ1n) is 7.89. The molecule has 0 N–H and O–H groups in total. The van der Waals surface area contributed by atoms with Crippen LogP contribution in [-0.4, -0.2) is 14.1 Å². The first kappa shape index (κ1) is 15.1. The van der Waals surface area contributed by atoms with Gasteiger partial charge in [-0.3, -0.25) is 14.1 Å². The van der Waals surface area contributed by atoms with E-state index < -0.39 is 11.6 Å². The Hall–Kier alpha value is -2.50. The van der Waals surface area contributed by atoms with Gasteiger partial charge in [-0.05, 0) is 42.5 Å². The fraction of sp³-hybridized carbons (Fsp3) is 0.333. The quantitative estimate of drug-likeness (QED) is 0.738. The molecule has 124 valence electrons. The number of hydrogen-bond acceptors (Lipinski definition) is 2. The maximum Gasteiger partial charge on any atom is 0.328 e. The zero-order valence-corrected chi connectivity index (χ0v) is 13.5. The Labute approximate surface area is 137 Å². The molecule has 0 atom stereocenters. The van der Waals surface area contributed by atoms with Crippen LogP contribution in [0.3, 0.4) is 0 Å². The Balaban J connectivity index is 1.92. The van der Waals surface area contributed by atoms with E-state index in [4.69, 9.17) is 0 Å². The van der Waals surface area contributed by atoms with Crippen molar-refractivity contribution in [1.82, 2.24) is 14.1 Å². The molecule has 1 saturated carbocycles. The predicted octanol–water partition coefficient (Wildman–Crippen LogP) is 3.48. The lowest BCUT2D eigenvalue weighted by Crippen LogP contribution is -2.25. The summed E-state index contributed by atoms with van der Waals surface area (Å²) < 4.78 is 31.1. The van der Waals surface area contributed by atoms with E-state index in [9.17, 15) is 9.18 Å². The lowest BCUT2D eigenvalue weighted by atomic mass is 10.1. The van der Waals surface area contributed by atoms with Crippen LogP contribution < -0.4 is 5.69 Å². The number of aromatic nitrogens is 3. The second-order valence-corrected chi connectivity index (χ2v) is 6.89. The number of rotatable bonds is 3. The van der Waals surface area contributed by atoms with Gasteiger partial charge in [-0.25, -0.2) is 13.6 Å². The van der Waals surface area contributed by atoms with Crippen molar-refractivity contribution in [2.75, 3.05) is 0 Å². The molecule has 0 unspecified atom stereocenters. The molecule has 0 amide bonds. The van der Waals surface area contributed by atoms with Crippen LogP contribution in [0.15, 0.2) is 35.3 Å². The predicted molar refractivity (Wildman–Crippen MR) is 87.7 cm³/mol. The third-order valence-corrected chi connectivity index (χ3v) is 4.89. The van der Waals surface area contributed by atoms with Crippen molar-refractivity contribution in [1.29, 1.82) is 0 Å². The van der Waals surface area contributed by atoms with E-state index in [2.05, 4.69) is 11.9 Å². The van der Waals surface area contributed by atoms with Crippen molar-refractivity contribution in [2.24, 2.45) is 12.5 Å². The zero-order valence-electron chi connectivity index (χ0n) is 13.5. The van der Waals surface area contributed by atoms with Gasteiger partial charge in [0.05, 0.1) is 17.4 Å². The molecule has 2 aromatic heterocycles. The number of pyridine rings is 1. The average molecular weight is 329 g/mol. The minimum Gasteiger partial charge on any atom is -0.292 e. The van der Waals surface area contributed by atoms with Crippen molar-refractivity contribution in [3.8, 4) is 11.3 Å². The molecule has 0 aliphatic heterocycles. The van der Waals surface area contributed by atoms with E-state index >= 15 is 4.39 Å². The van der Waals surface area contributed by atoms with Gasteiger partial charge in [0.2, 0.25) is 0 Å². The van der Waals surface area contributed by atoms with Crippen LogP contribution in [0.25, 0.3) is 22.3 Å². The Morgan fingerprint density at radius 2 is 1.96 bits per heavy atom. The number of nitrogens with zero attached hydrogens (tertiary/aromatic N) is 3. The Bertz CT molecular complexity index is 998. The molecule has 0 saturated heterocycles. The van der Waals surface area contributed by atoms with E-state index in [1.54, 1.807) is 23.7 Å². The van der Waals surface area contributed by atoms with Gasteiger partial charge in [0.25, 0.3) is 0 Å². The molecule has 6 heteroatoms. The Morgan fingerprint density at radius 3 is 2.58 bits per heavy atom. The van der Waals surface area contributed by atoms with Crippen LogP contribution in [0.2, 0.25) is 0 Å². The van der Waals surface area contributed by atoms with Gasteiger partial charge < -0.3 is 0 Å². The standard InChI is InChI=1S/C18H17F2N3O/c1-18(7-8-18)10-23-14-6-4-12(13-5-3-11(19)9-21-13)15(20)16(14)22(2)17(23)24/h3-6,9H,7-8,10H2,1-2H3. The molecular formula is C18H17F2N3O.